The van der Waals surface area contributed by atoms with E-state index in [0.717, 1.165) is 18.7 Å². The summed E-state index contributed by atoms with van der Waals surface area (Å²) in [6, 6.07) is 2.03. The molecule has 2 saturated heterocycles. The summed E-state index contributed by atoms with van der Waals surface area (Å²) in [5.74, 6) is 0.430. The Labute approximate surface area is 135 Å². The van der Waals surface area contributed by atoms with E-state index in [1.807, 2.05) is 11.9 Å². The quantitative estimate of drug-likeness (QED) is 0.818. The second-order valence-corrected chi connectivity index (χ2v) is 6.23. The molecular formula is C16H22N4O3. The molecule has 0 bridgehead atoms. The van der Waals surface area contributed by atoms with Gasteiger partial charge in [-0.25, -0.2) is 0 Å². The molecular weight excluding hydrogens is 296 g/mol. The van der Waals surface area contributed by atoms with Gasteiger partial charge in [-0.05, 0) is 13.1 Å². The standard InChI is InChI=1S/C16H22N4O3/c1-19-9-13(10-19)20-8-11(5-15(20)21)16(22)18-7-12-6-17-4-3-14(12)23-2/h3-4,6,11,13H,5,7-10H2,1-2H3,(H,18,22). The number of carbonyl (C=O) groups excluding carboxylic acids is 2. The van der Waals surface area contributed by atoms with Gasteiger partial charge in [-0.15, -0.1) is 0 Å². The van der Waals surface area contributed by atoms with Gasteiger partial charge in [0.2, 0.25) is 11.8 Å². The summed E-state index contributed by atoms with van der Waals surface area (Å²) < 4.78 is 5.24. The fourth-order valence-electron chi connectivity index (χ4n) is 3.20. The number of ether oxygens (including phenoxy) is 1. The Bertz CT molecular complexity index is 601. The lowest BCUT2D eigenvalue weighted by molar-refractivity contribution is -0.132. The molecule has 0 spiro atoms. The summed E-state index contributed by atoms with van der Waals surface area (Å²) in [5, 5.41) is 2.89. The lowest BCUT2D eigenvalue weighted by Crippen LogP contribution is -2.58. The number of carbonyl (C=O) groups is 2. The molecule has 1 N–H and O–H groups in total. The number of hydrogen-bond donors (Lipinski definition) is 1. The fourth-order valence-corrected chi connectivity index (χ4v) is 3.20. The van der Waals surface area contributed by atoms with Crippen molar-refractivity contribution in [3.8, 4) is 5.75 Å². The molecule has 2 aliphatic rings. The molecule has 3 rings (SSSR count). The number of nitrogens with zero attached hydrogens (tertiary/aromatic N) is 3. The third-order valence-corrected chi connectivity index (χ3v) is 4.55. The number of nitrogens with one attached hydrogen (secondary N) is 1. The van der Waals surface area contributed by atoms with Gasteiger partial charge in [0.05, 0.1) is 19.1 Å². The van der Waals surface area contributed by atoms with E-state index >= 15 is 0 Å². The van der Waals surface area contributed by atoms with Crippen LogP contribution < -0.4 is 10.1 Å². The van der Waals surface area contributed by atoms with E-state index in [-0.39, 0.29) is 23.8 Å². The minimum Gasteiger partial charge on any atom is -0.496 e. The smallest absolute Gasteiger partial charge is 0.225 e. The molecule has 1 unspecified atom stereocenters. The van der Waals surface area contributed by atoms with E-state index in [1.165, 1.54) is 0 Å². The van der Waals surface area contributed by atoms with Crippen LogP contribution in [0, 0.1) is 5.92 Å². The van der Waals surface area contributed by atoms with Gasteiger partial charge >= 0.3 is 0 Å². The molecule has 7 heteroatoms. The van der Waals surface area contributed by atoms with Gasteiger partial charge in [0, 0.05) is 50.6 Å². The van der Waals surface area contributed by atoms with Gasteiger partial charge in [0.15, 0.2) is 0 Å². The number of methoxy groups -OCH3 is 1. The first-order valence-corrected chi connectivity index (χ1v) is 7.81. The lowest BCUT2D eigenvalue weighted by atomic mass is 10.1. The molecule has 0 aliphatic carbocycles. The third kappa shape index (κ3) is 3.29. The van der Waals surface area contributed by atoms with Gasteiger partial charge in [0.25, 0.3) is 0 Å². The van der Waals surface area contributed by atoms with Crippen LogP contribution in [0.4, 0.5) is 0 Å². The highest BCUT2D eigenvalue weighted by Crippen LogP contribution is 2.24. The average Bonchev–Trinajstić information content (AvgIpc) is 2.91. The lowest BCUT2D eigenvalue weighted by Gasteiger charge is -2.42. The van der Waals surface area contributed by atoms with Crippen LogP contribution in [0.15, 0.2) is 18.5 Å². The summed E-state index contributed by atoms with van der Waals surface area (Å²) in [7, 11) is 3.62. The molecule has 0 aromatic carbocycles. The highest BCUT2D eigenvalue weighted by atomic mass is 16.5. The van der Waals surface area contributed by atoms with Crippen LogP contribution in [0.1, 0.15) is 12.0 Å². The van der Waals surface area contributed by atoms with Crippen LogP contribution in [0.25, 0.3) is 0 Å². The van der Waals surface area contributed by atoms with E-state index in [4.69, 9.17) is 4.74 Å². The van der Waals surface area contributed by atoms with Crippen LogP contribution >= 0.6 is 0 Å². The second kappa shape index (κ2) is 6.54. The van der Waals surface area contributed by atoms with Crippen LogP contribution in [0.3, 0.4) is 0 Å². The monoisotopic (exact) mass is 318 g/mol. The van der Waals surface area contributed by atoms with Crippen molar-refractivity contribution in [3.63, 3.8) is 0 Å². The first-order valence-electron chi connectivity index (χ1n) is 7.81. The van der Waals surface area contributed by atoms with Crippen LogP contribution in [-0.4, -0.2) is 66.4 Å². The van der Waals surface area contributed by atoms with E-state index in [1.54, 1.807) is 25.6 Å². The normalized spacial score (nSPS) is 22.1. The Balaban J connectivity index is 1.54. The number of pyridine rings is 1. The maximum absolute atomic E-state index is 12.3. The van der Waals surface area contributed by atoms with Crippen molar-refractivity contribution in [2.75, 3.05) is 33.8 Å². The molecule has 124 valence electrons. The molecule has 0 radical (unpaired) electrons. The molecule has 2 fully saturated rings. The Morgan fingerprint density at radius 2 is 2.22 bits per heavy atom. The van der Waals surface area contributed by atoms with Crippen molar-refractivity contribution >= 4 is 11.8 Å². The van der Waals surface area contributed by atoms with Gasteiger partial charge < -0.3 is 19.9 Å². The zero-order chi connectivity index (χ0) is 16.4. The second-order valence-electron chi connectivity index (χ2n) is 6.23. The molecule has 7 nitrogen and oxygen atoms in total. The summed E-state index contributed by atoms with van der Waals surface area (Å²) in [5.41, 5.74) is 0.824. The zero-order valence-electron chi connectivity index (χ0n) is 13.5. The maximum Gasteiger partial charge on any atom is 0.225 e. The Morgan fingerprint density at radius 3 is 2.91 bits per heavy atom. The predicted octanol–water partition coefficient (Wildman–Crippen LogP) is -0.131. The van der Waals surface area contributed by atoms with Crippen molar-refractivity contribution < 1.29 is 14.3 Å². The van der Waals surface area contributed by atoms with Crippen molar-refractivity contribution in [1.82, 2.24) is 20.1 Å². The predicted molar refractivity (Wildman–Crippen MR) is 83.7 cm³/mol. The van der Waals surface area contributed by atoms with E-state index < -0.39 is 0 Å². The van der Waals surface area contributed by atoms with Crippen LogP contribution in [-0.2, 0) is 16.1 Å². The SMILES string of the molecule is COc1ccncc1CNC(=O)C1CC(=O)N(C2CN(C)C2)C1. The number of rotatable bonds is 5. The number of amides is 2. The minimum absolute atomic E-state index is 0.0839. The topological polar surface area (TPSA) is 74.8 Å². The Morgan fingerprint density at radius 1 is 1.43 bits per heavy atom. The minimum atomic E-state index is -0.268. The van der Waals surface area contributed by atoms with E-state index in [9.17, 15) is 9.59 Å². The molecule has 23 heavy (non-hydrogen) atoms. The van der Waals surface area contributed by atoms with Crippen molar-refractivity contribution in [1.29, 1.82) is 0 Å². The zero-order valence-corrected chi connectivity index (χ0v) is 13.5. The summed E-state index contributed by atoms with van der Waals surface area (Å²) >= 11 is 0. The van der Waals surface area contributed by atoms with Gasteiger partial charge in [-0.2, -0.15) is 0 Å². The van der Waals surface area contributed by atoms with Gasteiger partial charge in [-0.1, -0.05) is 0 Å². The van der Waals surface area contributed by atoms with Crippen LogP contribution in [0.2, 0.25) is 0 Å². The molecule has 2 aliphatic heterocycles. The Kier molecular flexibility index (Phi) is 4.47. The van der Waals surface area contributed by atoms with Crippen molar-refractivity contribution in [2.45, 2.75) is 19.0 Å². The van der Waals surface area contributed by atoms with Crippen molar-refractivity contribution in [2.24, 2.45) is 5.92 Å². The molecule has 0 saturated carbocycles. The Hall–Kier alpha value is -2.15. The molecule has 1 aromatic rings. The molecule has 1 aromatic heterocycles. The van der Waals surface area contributed by atoms with Gasteiger partial charge in [-0.3, -0.25) is 14.6 Å². The molecule has 3 heterocycles. The first kappa shape index (κ1) is 15.7. The summed E-state index contributed by atoms with van der Waals surface area (Å²) in [4.78, 5) is 32.5. The molecule has 2 amide bonds. The number of likely N-dealkylation sites (N-methyl/N-ethyl adjacent to an activating group) is 1. The molecule has 1 atom stereocenters. The van der Waals surface area contributed by atoms with Gasteiger partial charge in [0.1, 0.15) is 5.75 Å². The van der Waals surface area contributed by atoms with Crippen molar-refractivity contribution in [3.05, 3.63) is 24.0 Å². The largest absolute Gasteiger partial charge is 0.496 e. The number of likely N-dealkylation sites (tertiary alicyclic amines) is 2. The fraction of sp³-hybridized carbons (Fsp3) is 0.562. The summed E-state index contributed by atoms with van der Waals surface area (Å²) in [6.45, 7) is 2.67. The van der Waals surface area contributed by atoms with E-state index in [0.29, 0.717) is 25.3 Å². The maximum atomic E-state index is 12.3. The number of hydrogen-bond acceptors (Lipinski definition) is 5. The third-order valence-electron chi connectivity index (χ3n) is 4.55. The van der Waals surface area contributed by atoms with E-state index in [2.05, 4.69) is 15.2 Å². The highest BCUT2D eigenvalue weighted by Gasteiger charge is 2.41. The summed E-state index contributed by atoms with van der Waals surface area (Å²) in [6.07, 6.45) is 3.62. The van der Waals surface area contributed by atoms with Crippen LogP contribution in [0.5, 0.6) is 5.75 Å². The highest BCUT2D eigenvalue weighted by molar-refractivity contribution is 5.89. The number of aromatic nitrogens is 1. The average molecular weight is 318 g/mol. The first-order chi connectivity index (χ1) is 11.1.